The molecule has 2 amide bonds. The average Bonchev–Trinajstić information content (AvgIpc) is 2.75. The number of benzene rings is 1. The SMILES string of the molecule is CC[C@@H](C)c1nc(C)c(Cc2ccccc2F)c(N2CCN(C(=O)NC(C)C)CC2)n1. The van der Waals surface area contributed by atoms with Crippen molar-refractivity contribution in [3.05, 3.63) is 52.7 Å². The van der Waals surface area contributed by atoms with Gasteiger partial charge in [0.05, 0.1) is 0 Å². The lowest BCUT2D eigenvalue weighted by atomic mass is 10.0. The van der Waals surface area contributed by atoms with Crippen LogP contribution in [0.1, 0.15) is 62.7 Å². The second-order valence-electron chi connectivity index (χ2n) is 8.63. The number of rotatable bonds is 6. The predicted octanol–water partition coefficient (Wildman–Crippen LogP) is 4.27. The van der Waals surface area contributed by atoms with Gasteiger partial charge in [0.15, 0.2) is 0 Å². The Bertz CT molecular complexity index is 909. The topological polar surface area (TPSA) is 61.4 Å². The van der Waals surface area contributed by atoms with E-state index < -0.39 is 0 Å². The molecule has 0 saturated carbocycles. The van der Waals surface area contributed by atoms with Gasteiger partial charge in [-0.3, -0.25) is 0 Å². The molecule has 31 heavy (non-hydrogen) atoms. The number of hydrogen-bond acceptors (Lipinski definition) is 4. The molecule has 2 aromatic rings. The molecule has 7 heteroatoms. The summed E-state index contributed by atoms with van der Waals surface area (Å²) in [7, 11) is 0. The van der Waals surface area contributed by atoms with Crippen molar-refractivity contribution in [2.24, 2.45) is 0 Å². The summed E-state index contributed by atoms with van der Waals surface area (Å²) >= 11 is 0. The van der Waals surface area contributed by atoms with Crippen molar-refractivity contribution in [2.75, 3.05) is 31.1 Å². The zero-order chi connectivity index (χ0) is 22.5. The first-order chi connectivity index (χ1) is 14.8. The molecule has 0 bridgehead atoms. The molecule has 0 spiro atoms. The van der Waals surface area contributed by atoms with Crippen LogP contribution in [0.2, 0.25) is 0 Å². The van der Waals surface area contributed by atoms with Crippen LogP contribution in [-0.4, -0.2) is 53.1 Å². The van der Waals surface area contributed by atoms with Gasteiger partial charge in [0, 0.05) is 55.8 Å². The van der Waals surface area contributed by atoms with Gasteiger partial charge in [0.25, 0.3) is 0 Å². The Balaban J connectivity index is 1.89. The monoisotopic (exact) mass is 427 g/mol. The Morgan fingerprint density at radius 2 is 1.81 bits per heavy atom. The molecule has 1 fully saturated rings. The molecular formula is C24H34FN5O. The highest BCUT2D eigenvalue weighted by atomic mass is 19.1. The molecule has 1 aliphatic heterocycles. The van der Waals surface area contributed by atoms with Crippen LogP contribution in [0.3, 0.4) is 0 Å². The maximum absolute atomic E-state index is 14.4. The molecule has 0 radical (unpaired) electrons. The van der Waals surface area contributed by atoms with E-state index >= 15 is 0 Å². The summed E-state index contributed by atoms with van der Waals surface area (Å²) < 4.78 is 14.4. The highest BCUT2D eigenvalue weighted by molar-refractivity contribution is 5.74. The van der Waals surface area contributed by atoms with Gasteiger partial charge in [0.2, 0.25) is 0 Å². The predicted molar refractivity (Wildman–Crippen MR) is 122 cm³/mol. The summed E-state index contributed by atoms with van der Waals surface area (Å²) in [6.07, 6.45) is 1.40. The normalized spacial score (nSPS) is 15.3. The van der Waals surface area contributed by atoms with Crippen molar-refractivity contribution < 1.29 is 9.18 Å². The van der Waals surface area contributed by atoms with E-state index in [1.165, 1.54) is 6.07 Å². The molecule has 1 N–H and O–H groups in total. The molecule has 1 aromatic heterocycles. The van der Waals surface area contributed by atoms with Crippen molar-refractivity contribution in [2.45, 2.75) is 59.4 Å². The van der Waals surface area contributed by atoms with Gasteiger partial charge >= 0.3 is 6.03 Å². The minimum atomic E-state index is -0.214. The number of piperazine rings is 1. The van der Waals surface area contributed by atoms with Crippen LogP contribution in [0.5, 0.6) is 0 Å². The van der Waals surface area contributed by atoms with Gasteiger partial charge in [0.1, 0.15) is 17.5 Å². The number of nitrogens with one attached hydrogen (secondary N) is 1. The summed E-state index contributed by atoms with van der Waals surface area (Å²) in [5.41, 5.74) is 2.49. The number of halogens is 1. The van der Waals surface area contributed by atoms with Crippen LogP contribution in [-0.2, 0) is 6.42 Å². The number of amides is 2. The number of anilines is 1. The first-order valence-electron chi connectivity index (χ1n) is 11.2. The largest absolute Gasteiger partial charge is 0.353 e. The second-order valence-corrected chi connectivity index (χ2v) is 8.63. The second kappa shape index (κ2) is 10.1. The molecule has 1 aliphatic rings. The van der Waals surface area contributed by atoms with Crippen LogP contribution >= 0.6 is 0 Å². The van der Waals surface area contributed by atoms with Gasteiger partial charge in [-0.1, -0.05) is 32.0 Å². The number of carbonyl (C=O) groups excluding carboxylic acids is 1. The standard InChI is InChI=1S/C24H34FN5O/c1-6-17(4)22-27-18(5)20(15-19-9-7-8-10-21(19)25)23(28-22)29-11-13-30(14-12-29)24(31)26-16(2)3/h7-10,16-17H,6,11-15H2,1-5H3,(H,26,31)/t17-/m1/s1. The number of urea groups is 1. The Morgan fingerprint density at radius 1 is 1.13 bits per heavy atom. The molecule has 1 atom stereocenters. The summed E-state index contributed by atoms with van der Waals surface area (Å²) in [6.45, 7) is 12.8. The highest BCUT2D eigenvalue weighted by Crippen LogP contribution is 2.28. The molecule has 1 aromatic carbocycles. The van der Waals surface area contributed by atoms with Gasteiger partial charge in [-0.05, 0) is 38.8 Å². The van der Waals surface area contributed by atoms with E-state index in [9.17, 15) is 9.18 Å². The van der Waals surface area contributed by atoms with Crippen molar-refractivity contribution >= 4 is 11.8 Å². The summed E-state index contributed by atoms with van der Waals surface area (Å²) in [4.78, 5) is 26.1. The lowest BCUT2D eigenvalue weighted by Crippen LogP contribution is -2.53. The van der Waals surface area contributed by atoms with E-state index in [1.807, 2.05) is 37.8 Å². The van der Waals surface area contributed by atoms with E-state index in [0.717, 1.165) is 29.3 Å². The first-order valence-corrected chi connectivity index (χ1v) is 11.2. The van der Waals surface area contributed by atoms with Gasteiger partial charge in [-0.15, -0.1) is 0 Å². The number of aryl methyl sites for hydroxylation is 1. The van der Waals surface area contributed by atoms with Crippen molar-refractivity contribution in [1.29, 1.82) is 0 Å². The maximum Gasteiger partial charge on any atom is 0.317 e. The van der Waals surface area contributed by atoms with Crippen molar-refractivity contribution in [1.82, 2.24) is 20.2 Å². The summed E-state index contributed by atoms with van der Waals surface area (Å²) in [5.74, 6) is 1.73. The third-order valence-electron chi connectivity index (χ3n) is 5.87. The van der Waals surface area contributed by atoms with E-state index in [-0.39, 0.29) is 23.8 Å². The quantitative estimate of drug-likeness (QED) is 0.748. The van der Waals surface area contributed by atoms with Crippen LogP contribution < -0.4 is 10.2 Å². The van der Waals surface area contributed by atoms with E-state index in [1.54, 1.807) is 6.07 Å². The van der Waals surface area contributed by atoms with Crippen molar-refractivity contribution in [3.63, 3.8) is 0 Å². The third-order valence-corrected chi connectivity index (χ3v) is 5.87. The smallest absolute Gasteiger partial charge is 0.317 e. The Morgan fingerprint density at radius 3 is 2.42 bits per heavy atom. The fourth-order valence-corrected chi connectivity index (χ4v) is 3.77. The zero-order valence-electron chi connectivity index (χ0n) is 19.3. The van der Waals surface area contributed by atoms with Crippen LogP contribution in [0, 0.1) is 12.7 Å². The minimum absolute atomic E-state index is 0.0274. The molecule has 0 unspecified atom stereocenters. The van der Waals surface area contributed by atoms with Gasteiger partial charge < -0.3 is 15.1 Å². The molecule has 3 rings (SSSR count). The zero-order valence-corrected chi connectivity index (χ0v) is 19.3. The first kappa shape index (κ1) is 23.0. The van der Waals surface area contributed by atoms with Crippen LogP contribution in [0.25, 0.3) is 0 Å². The molecule has 2 heterocycles. The molecule has 0 aliphatic carbocycles. The molecule has 1 saturated heterocycles. The fraction of sp³-hybridized carbons (Fsp3) is 0.542. The lowest BCUT2D eigenvalue weighted by Gasteiger charge is -2.37. The minimum Gasteiger partial charge on any atom is -0.353 e. The number of aromatic nitrogens is 2. The summed E-state index contributed by atoms with van der Waals surface area (Å²) in [5, 5.41) is 2.96. The van der Waals surface area contributed by atoms with E-state index in [0.29, 0.717) is 38.2 Å². The van der Waals surface area contributed by atoms with E-state index in [2.05, 4.69) is 24.1 Å². The Kier molecular flexibility index (Phi) is 7.46. The van der Waals surface area contributed by atoms with Crippen molar-refractivity contribution in [3.8, 4) is 0 Å². The van der Waals surface area contributed by atoms with Gasteiger partial charge in [-0.25, -0.2) is 19.2 Å². The Labute approximate surface area is 184 Å². The molecule has 168 valence electrons. The van der Waals surface area contributed by atoms with Crippen LogP contribution in [0.4, 0.5) is 15.0 Å². The highest BCUT2D eigenvalue weighted by Gasteiger charge is 2.26. The summed E-state index contributed by atoms with van der Waals surface area (Å²) in [6, 6.07) is 6.95. The lowest BCUT2D eigenvalue weighted by molar-refractivity contribution is 0.191. The maximum atomic E-state index is 14.4. The van der Waals surface area contributed by atoms with E-state index in [4.69, 9.17) is 9.97 Å². The number of carbonyl (C=O) groups is 1. The van der Waals surface area contributed by atoms with Gasteiger partial charge in [-0.2, -0.15) is 0 Å². The molecule has 6 nitrogen and oxygen atoms in total. The van der Waals surface area contributed by atoms with Crippen LogP contribution in [0.15, 0.2) is 24.3 Å². The average molecular weight is 428 g/mol. The molecular weight excluding hydrogens is 393 g/mol. The third kappa shape index (κ3) is 5.51. The Hall–Kier alpha value is -2.70. The number of nitrogens with zero attached hydrogens (tertiary/aromatic N) is 4. The number of hydrogen-bond donors (Lipinski definition) is 1. The fourth-order valence-electron chi connectivity index (χ4n) is 3.77.